The largest absolute Gasteiger partial charge is 0.508 e. The Labute approximate surface area is 192 Å². The first-order chi connectivity index (χ1) is 15.5. The Morgan fingerprint density at radius 2 is 1.91 bits per heavy atom. The van der Waals surface area contributed by atoms with Crippen molar-refractivity contribution in [2.24, 2.45) is 0 Å². The highest BCUT2D eigenvalue weighted by molar-refractivity contribution is 7.89. The number of carbonyl (C=O) groups excluding carboxylic acids is 2. The Hall–Kier alpha value is -3.44. The fraction of sp³-hybridized carbons (Fsp3) is 0.318. The molecule has 0 bridgehead atoms. The van der Waals surface area contributed by atoms with E-state index < -0.39 is 21.5 Å². The van der Waals surface area contributed by atoms with Gasteiger partial charge in [-0.05, 0) is 48.7 Å². The first-order valence-electron chi connectivity index (χ1n) is 10.2. The van der Waals surface area contributed by atoms with Gasteiger partial charge < -0.3 is 15.2 Å². The molecule has 1 saturated heterocycles. The van der Waals surface area contributed by atoms with Crippen molar-refractivity contribution < 1.29 is 27.9 Å². The van der Waals surface area contributed by atoms with Crippen molar-refractivity contribution in [3.63, 3.8) is 0 Å². The third-order valence-corrected chi connectivity index (χ3v) is 6.74. The van der Waals surface area contributed by atoms with Gasteiger partial charge in [-0.2, -0.15) is 0 Å². The molecule has 2 aromatic carbocycles. The van der Waals surface area contributed by atoms with Crippen molar-refractivity contribution in [2.45, 2.75) is 36.7 Å². The number of benzene rings is 2. The van der Waals surface area contributed by atoms with Gasteiger partial charge in [0.2, 0.25) is 10.0 Å². The van der Waals surface area contributed by atoms with E-state index in [9.17, 15) is 23.1 Å². The first kappa shape index (κ1) is 24.2. The monoisotopic (exact) mass is 474 g/mol. The zero-order valence-electron chi connectivity index (χ0n) is 18.3. The van der Waals surface area contributed by atoms with Gasteiger partial charge in [-0.25, -0.2) is 13.1 Å². The fourth-order valence-corrected chi connectivity index (χ4v) is 4.54. The maximum atomic E-state index is 13.0. The second-order valence-corrected chi connectivity index (χ2v) is 9.68. The van der Waals surface area contributed by atoms with E-state index in [0.29, 0.717) is 12.0 Å². The summed E-state index contributed by atoms with van der Waals surface area (Å²) in [6.07, 6.45) is 0.617. The lowest BCUT2D eigenvalue weighted by Crippen LogP contribution is -2.52. The van der Waals surface area contributed by atoms with Crippen LogP contribution in [0.25, 0.3) is 0 Å². The lowest BCUT2D eigenvalue weighted by Gasteiger charge is -2.22. The normalized spacial score (nSPS) is 18.3. The summed E-state index contributed by atoms with van der Waals surface area (Å²) < 4.78 is 32.5. The molecule has 4 N–H and O–H groups in total. The summed E-state index contributed by atoms with van der Waals surface area (Å²) in [7, 11) is -2.61. The second kappa shape index (κ2) is 9.59. The lowest BCUT2D eigenvalue weighted by atomic mass is 10.0. The number of nitrogens with zero attached hydrogens (tertiary/aromatic N) is 1. The molecule has 0 saturated carbocycles. The van der Waals surface area contributed by atoms with Crippen molar-refractivity contribution in [1.29, 1.82) is 5.41 Å². The molecule has 3 rings (SSSR count). The molecule has 33 heavy (non-hydrogen) atoms. The Balaban J connectivity index is 1.64. The molecule has 0 aliphatic carbocycles. The van der Waals surface area contributed by atoms with E-state index in [0.717, 1.165) is 5.56 Å². The van der Waals surface area contributed by atoms with E-state index in [2.05, 4.69) is 14.8 Å². The van der Waals surface area contributed by atoms with E-state index in [1.54, 1.807) is 24.3 Å². The third kappa shape index (κ3) is 5.68. The molecule has 1 unspecified atom stereocenters. The number of phenolic OH excluding ortho intramolecular Hbond substituents is 1. The fourth-order valence-electron chi connectivity index (χ4n) is 3.40. The molecule has 1 aliphatic heterocycles. The zero-order valence-corrected chi connectivity index (χ0v) is 19.1. The maximum Gasteiger partial charge on any atom is 0.305 e. The Kier molecular flexibility index (Phi) is 7.04. The molecule has 1 fully saturated rings. The van der Waals surface area contributed by atoms with Gasteiger partial charge in [-0.1, -0.05) is 24.3 Å². The van der Waals surface area contributed by atoms with E-state index >= 15 is 0 Å². The van der Waals surface area contributed by atoms with Crippen LogP contribution < -0.4 is 10.0 Å². The van der Waals surface area contributed by atoms with Crippen LogP contribution in [0.1, 0.15) is 24.5 Å². The minimum atomic E-state index is -3.92. The second-order valence-electron chi connectivity index (χ2n) is 7.91. The lowest BCUT2D eigenvalue weighted by molar-refractivity contribution is -0.140. The van der Waals surface area contributed by atoms with Crippen molar-refractivity contribution in [3.05, 3.63) is 59.7 Å². The number of nitrogens with one attached hydrogen (secondary N) is 3. The van der Waals surface area contributed by atoms with Gasteiger partial charge >= 0.3 is 5.97 Å². The van der Waals surface area contributed by atoms with Crippen LogP contribution in [-0.4, -0.2) is 55.5 Å². The number of hydrogen-bond acceptors (Lipinski definition) is 7. The van der Waals surface area contributed by atoms with Crippen LogP contribution in [0.3, 0.4) is 0 Å². The standard InChI is InChI=1S/C22H26N4O6S/c1-22(20(29)26(21(23)25-22)13-16-4-3-5-17(27)12-16)14-24-33(30,31)18-9-6-15(7-10-18)8-11-19(28)32-2/h3-7,9-10,12,24,27H,8,11,13-14H2,1-2H3,(H2,23,25). The van der Waals surface area contributed by atoms with Gasteiger partial charge in [0.1, 0.15) is 11.3 Å². The topological polar surface area (TPSA) is 149 Å². The number of amides is 1. The Bertz CT molecular complexity index is 1170. The van der Waals surface area contributed by atoms with Crippen LogP contribution in [0.4, 0.5) is 0 Å². The number of rotatable bonds is 9. The minimum absolute atomic E-state index is 0.0186. The van der Waals surface area contributed by atoms with Crippen LogP contribution in [-0.2, 0) is 37.3 Å². The number of ether oxygens (including phenoxy) is 1. The highest BCUT2D eigenvalue weighted by atomic mass is 32.2. The first-order valence-corrected chi connectivity index (χ1v) is 11.6. The van der Waals surface area contributed by atoms with E-state index in [1.807, 2.05) is 0 Å². The molecule has 1 aliphatic rings. The van der Waals surface area contributed by atoms with Gasteiger partial charge in [0.15, 0.2) is 5.96 Å². The molecule has 1 amide bonds. The molecule has 11 heteroatoms. The summed E-state index contributed by atoms with van der Waals surface area (Å²) in [6, 6.07) is 12.4. The number of esters is 1. The third-order valence-electron chi connectivity index (χ3n) is 5.33. The molecular weight excluding hydrogens is 448 g/mol. The Morgan fingerprint density at radius 1 is 1.21 bits per heavy atom. The molecule has 1 atom stereocenters. The number of aromatic hydroxyl groups is 1. The molecule has 176 valence electrons. The summed E-state index contributed by atoms with van der Waals surface area (Å²) in [4.78, 5) is 25.4. The van der Waals surface area contributed by atoms with Crippen molar-refractivity contribution in [1.82, 2.24) is 14.9 Å². The predicted molar refractivity (Wildman–Crippen MR) is 120 cm³/mol. The number of methoxy groups -OCH3 is 1. The quantitative estimate of drug-likeness (QED) is 0.398. The average Bonchev–Trinajstić information content (AvgIpc) is 3.00. The van der Waals surface area contributed by atoms with Crippen LogP contribution in [0.5, 0.6) is 5.75 Å². The van der Waals surface area contributed by atoms with E-state index in [-0.39, 0.29) is 42.1 Å². The molecule has 0 radical (unpaired) electrons. The van der Waals surface area contributed by atoms with Crippen LogP contribution in [0.2, 0.25) is 0 Å². The van der Waals surface area contributed by atoms with Gasteiger partial charge in [0, 0.05) is 13.0 Å². The van der Waals surface area contributed by atoms with Gasteiger partial charge in [-0.15, -0.1) is 0 Å². The molecule has 10 nitrogen and oxygen atoms in total. The molecular formula is C22H26N4O6S. The number of carbonyl (C=O) groups is 2. The highest BCUT2D eigenvalue weighted by Gasteiger charge is 2.46. The summed E-state index contributed by atoms with van der Waals surface area (Å²) in [5.74, 6) is -0.916. The average molecular weight is 475 g/mol. The van der Waals surface area contributed by atoms with Gasteiger partial charge in [0.05, 0.1) is 18.6 Å². The van der Waals surface area contributed by atoms with Crippen LogP contribution in [0.15, 0.2) is 53.4 Å². The number of aryl methyl sites for hydroxylation is 1. The van der Waals surface area contributed by atoms with Crippen molar-refractivity contribution >= 4 is 27.9 Å². The predicted octanol–water partition coefficient (Wildman–Crippen LogP) is 1.10. The van der Waals surface area contributed by atoms with Crippen LogP contribution >= 0.6 is 0 Å². The zero-order chi connectivity index (χ0) is 24.2. The smallest absolute Gasteiger partial charge is 0.305 e. The molecule has 2 aromatic rings. The Morgan fingerprint density at radius 3 is 2.55 bits per heavy atom. The maximum absolute atomic E-state index is 13.0. The number of sulfonamides is 1. The molecule has 0 spiro atoms. The number of phenols is 1. The van der Waals surface area contributed by atoms with Gasteiger partial charge in [-0.3, -0.25) is 19.9 Å². The summed E-state index contributed by atoms with van der Waals surface area (Å²) >= 11 is 0. The molecule has 1 heterocycles. The number of hydrogen-bond donors (Lipinski definition) is 4. The highest BCUT2D eigenvalue weighted by Crippen LogP contribution is 2.21. The minimum Gasteiger partial charge on any atom is -0.508 e. The van der Waals surface area contributed by atoms with Crippen molar-refractivity contribution in [3.8, 4) is 5.75 Å². The van der Waals surface area contributed by atoms with Crippen LogP contribution in [0, 0.1) is 5.41 Å². The molecule has 0 aromatic heterocycles. The SMILES string of the molecule is COC(=O)CCc1ccc(S(=O)(=O)NCC2(C)NC(=N)N(Cc3cccc(O)c3)C2=O)cc1. The summed E-state index contributed by atoms with van der Waals surface area (Å²) in [6.45, 7) is 1.32. The number of guanidine groups is 1. The van der Waals surface area contributed by atoms with E-state index in [1.165, 1.54) is 43.2 Å². The van der Waals surface area contributed by atoms with E-state index in [4.69, 9.17) is 5.41 Å². The van der Waals surface area contributed by atoms with Gasteiger partial charge in [0.25, 0.3) is 5.91 Å². The summed E-state index contributed by atoms with van der Waals surface area (Å²) in [5.41, 5.74) is 0.0727. The summed E-state index contributed by atoms with van der Waals surface area (Å²) in [5, 5.41) is 20.5. The van der Waals surface area contributed by atoms with Crippen molar-refractivity contribution in [2.75, 3.05) is 13.7 Å².